The fourth-order valence-corrected chi connectivity index (χ4v) is 1.21. The minimum atomic E-state index is 0. The summed E-state index contributed by atoms with van der Waals surface area (Å²) in [6, 6.07) is 0. The van der Waals surface area contributed by atoms with Crippen molar-refractivity contribution in [3.8, 4) is 0 Å². The van der Waals surface area contributed by atoms with Gasteiger partial charge in [0.1, 0.15) is 0 Å². The summed E-state index contributed by atoms with van der Waals surface area (Å²) in [7, 11) is 0. The third-order valence-corrected chi connectivity index (χ3v) is 1.80. The van der Waals surface area contributed by atoms with E-state index in [0.29, 0.717) is 0 Å². The van der Waals surface area contributed by atoms with Crippen molar-refractivity contribution in [2.45, 2.75) is 47.5 Å². The summed E-state index contributed by atoms with van der Waals surface area (Å²) in [6.45, 7) is 7.61. The molecule has 0 aliphatic carbocycles. The van der Waals surface area contributed by atoms with Crippen LogP contribution in [0.1, 0.15) is 47.5 Å². The first kappa shape index (κ1) is 14.0. The quantitative estimate of drug-likeness (QED) is 0.551. The zero-order valence-corrected chi connectivity index (χ0v) is 7.89. The van der Waals surface area contributed by atoms with Gasteiger partial charge in [0.2, 0.25) is 5.91 Å². The number of hydrogen-bond donors (Lipinski definition) is 0. The Morgan fingerprint density at radius 1 is 1.08 bits per heavy atom. The summed E-state index contributed by atoms with van der Waals surface area (Å²) in [5, 5.41) is 0. The normalized spacial score (nSPS) is 15.4. The van der Waals surface area contributed by atoms with E-state index >= 15 is 0 Å². The van der Waals surface area contributed by atoms with Gasteiger partial charge in [-0.2, -0.15) is 0 Å². The molecule has 0 aromatic carbocycles. The maximum absolute atomic E-state index is 10.7. The topological polar surface area (TPSA) is 20.3 Å². The molecular weight excluding hydrogens is 150 g/mol. The van der Waals surface area contributed by atoms with E-state index in [9.17, 15) is 4.79 Å². The molecule has 12 heavy (non-hydrogen) atoms. The number of carbonyl (C=O) groups excluding carboxylic acids is 1. The first-order valence-electron chi connectivity index (χ1n) is 4.56. The van der Waals surface area contributed by atoms with Crippen molar-refractivity contribution in [1.82, 2.24) is 4.90 Å². The third-order valence-electron chi connectivity index (χ3n) is 1.80. The molecule has 1 rings (SSSR count). The van der Waals surface area contributed by atoms with Gasteiger partial charge in [-0.25, -0.2) is 0 Å². The maximum atomic E-state index is 10.7. The average molecular weight is 173 g/mol. The highest BCUT2D eigenvalue weighted by atomic mass is 16.2. The molecule has 2 nitrogen and oxygen atoms in total. The van der Waals surface area contributed by atoms with Gasteiger partial charge in [0.15, 0.2) is 0 Å². The number of nitrogens with zero attached hydrogens (tertiary/aromatic N) is 1. The molecule has 0 N–H and O–H groups in total. The molecule has 0 atom stereocenters. The summed E-state index contributed by atoms with van der Waals surface area (Å²) < 4.78 is 0. The summed E-state index contributed by atoms with van der Waals surface area (Å²) in [5.41, 5.74) is 0. The number of piperidine rings is 1. The Morgan fingerprint density at radius 3 is 1.75 bits per heavy atom. The van der Waals surface area contributed by atoms with Crippen LogP contribution in [0.25, 0.3) is 0 Å². The lowest BCUT2D eigenvalue weighted by atomic mass is 10.1. The van der Waals surface area contributed by atoms with Crippen LogP contribution in [0.3, 0.4) is 0 Å². The molecule has 0 aromatic rings. The van der Waals surface area contributed by atoms with Crippen LogP contribution in [0.4, 0.5) is 0 Å². The van der Waals surface area contributed by atoms with Crippen molar-refractivity contribution in [2.24, 2.45) is 0 Å². The number of hydrogen-bond acceptors (Lipinski definition) is 1. The van der Waals surface area contributed by atoms with Crippen molar-refractivity contribution in [3.63, 3.8) is 0 Å². The maximum Gasteiger partial charge on any atom is 0.219 e. The van der Waals surface area contributed by atoms with Gasteiger partial charge in [-0.3, -0.25) is 4.79 Å². The Hall–Kier alpha value is -0.530. The molecule has 0 aromatic heterocycles. The van der Waals surface area contributed by atoms with E-state index in [0.717, 1.165) is 13.1 Å². The van der Waals surface area contributed by atoms with E-state index in [1.165, 1.54) is 19.3 Å². The predicted octanol–water partition coefficient (Wildman–Crippen LogP) is 2.68. The SMILES string of the molecule is C.CC.CC(=O)N1CCCCC1. The van der Waals surface area contributed by atoms with Crippen molar-refractivity contribution in [3.05, 3.63) is 0 Å². The van der Waals surface area contributed by atoms with Crippen LogP contribution in [0.15, 0.2) is 0 Å². The molecular formula is C10H23NO. The molecule has 1 saturated heterocycles. The first-order valence-corrected chi connectivity index (χ1v) is 4.56. The van der Waals surface area contributed by atoms with E-state index in [2.05, 4.69) is 0 Å². The predicted molar refractivity (Wildman–Crippen MR) is 54.2 cm³/mol. The fourth-order valence-electron chi connectivity index (χ4n) is 1.21. The number of rotatable bonds is 0. The molecule has 0 spiro atoms. The standard InChI is InChI=1S/C7H13NO.C2H6.CH4/c1-7(9)8-5-3-2-4-6-8;1-2;/h2-6H2,1H3;1-2H3;1H4. The average Bonchev–Trinajstić information content (AvgIpc) is 2.10. The van der Waals surface area contributed by atoms with Gasteiger partial charge in [0.25, 0.3) is 0 Å². The van der Waals surface area contributed by atoms with Crippen LogP contribution >= 0.6 is 0 Å². The van der Waals surface area contributed by atoms with Crippen LogP contribution in [-0.4, -0.2) is 23.9 Å². The van der Waals surface area contributed by atoms with E-state index in [1.54, 1.807) is 6.92 Å². The van der Waals surface area contributed by atoms with Crippen molar-refractivity contribution in [1.29, 1.82) is 0 Å². The Labute approximate surface area is 77.0 Å². The molecule has 74 valence electrons. The van der Waals surface area contributed by atoms with Gasteiger partial charge in [-0.1, -0.05) is 21.3 Å². The Balaban J connectivity index is 0. The van der Waals surface area contributed by atoms with Crippen LogP contribution in [0.2, 0.25) is 0 Å². The summed E-state index contributed by atoms with van der Waals surface area (Å²) in [6.07, 6.45) is 3.68. The van der Waals surface area contributed by atoms with E-state index < -0.39 is 0 Å². The van der Waals surface area contributed by atoms with Gasteiger partial charge in [-0.05, 0) is 19.3 Å². The van der Waals surface area contributed by atoms with E-state index in [1.807, 2.05) is 18.7 Å². The van der Waals surface area contributed by atoms with Crippen LogP contribution in [0, 0.1) is 0 Å². The summed E-state index contributed by atoms with van der Waals surface area (Å²) in [4.78, 5) is 12.6. The molecule has 0 radical (unpaired) electrons. The number of amides is 1. The van der Waals surface area contributed by atoms with Gasteiger partial charge in [0.05, 0.1) is 0 Å². The van der Waals surface area contributed by atoms with Gasteiger partial charge >= 0.3 is 0 Å². The zero-order chi connectivity index (χ0) is 8.69. The zero-order valence-electron chi connectivity index (χ0n) is 7.89. The second-order valence-corrected chi connectivity index (χ2v) is 2.57. The largest absolute Gasteiger partial charge is 0.343 e. The highest BCUT2D eigenvalue weighted by Crippen LogP contribution is 2.07. The lowest BCUT2D eigenvalue weighted by Crippen LogP contribution is -2.33. The summed E-state index contributed by atoms with van der Waals surface area (Å²) in [5.74, 6) is 0.231. The molecule has 0 unspecified atom stereocenters. The molecule has 2 heteroatoms. The lowest BCUT2D eigenvalue weighted by Gasteiger charge is -2.24. The van der Waals surface area contributed by atoms with Crippen molar-refractivity contribution in [2.75, 3.05) is 13.1 Å². The molecule has 0 saturated carbocycles. The monoisotopic (exact) mass is 173 g/mol. The van der Waals surface area contributed by atoms with Gasteiger partial charge in [-0.15, -0.1) is 0 Å². The second-order valence-electron chi connectivity index (χ2n) is 2.57. The second kappa shape index (κ2) is 8.57. The van der Waals surface area contributed by atoms with Gasteiger partial charge < -0.3 is 4.90 Å². The molecule has 1 amide bonds. The first-order chi connectivity index (χ1) is 5.30. The Kier molecular flexibility index (Phi) is 10.0. The molecule has 1 heterocycles. The smallest absolute Gasteiger partial charge is 0.219 e. The fraction of sp³-hybridized carbons (Fsp3) is 0.900. The van der Waals surface area contributed by atoms with Crippen molar-refractivity contribution < 1.29 is 4.79 Å². The van der Waals surface area contributed by atoms with Crippen LogP contribution in [0.5, 0.6) is 0 Å². The number of carbonyl (C=O) groups is 1. The Bertz CT molecular complexity index is 106. The van der Waals surface area contributed by atoms with E-state index in [-0.39, 0.29) is 13.3 Å². The molecule has 1 aliphatic heterocycles. The minimum Gasteiger partial charge on any atom is -0.343 e. The minimum absolute atomic E-state index is 0. The lowest BCUT2D eigenvalue weighted by molar-refractivity contribution is -0.129. The molecule has 1 fully saturated rings. The van der Waals surface area contributed by atoms with Crippen molar-refractivity contribution >= 4 is 5.91 Å². The van der Waals surface area contributed by atoms with Crippen LogP contribution < -0.4 is 0 Å². The number of likely N-dealkylation sites (tertiary alicyclic amines) is 1. The Morgan fingerprint density at radius 2 is 1.50 bits per heavy atom. The molecule has 0 bridgehead atoms. The summed E-state index contributed by atoms with van der Waals surface area (Å²) >= 11 is 0. The van der Waals surface area contributed by atoms with Crippen LogP contribution in [-0.2, 0) is 4.79 Å². The molecule has 1 aliphatic rings. The highest BCUT2D eigenvalue weighted by molar-refractivity contribution is 5.73. The highest BCUT2D eigenvalue weighted by Gasteiger charge is 2.10. The van der Waals surface area contributed by atoms with E-state index in [4.69, 9.17) is 0 Å². The van der Waals surface area contributed by atoms with Gasteiger partial charge in [0, 0.05) is 20.0 Å². The third kappa shape index (κ3) is 5.16.